The van der Waals surface area contributed by atoms with E-state index in [0.29, 0.717) is 6.61 Å². The fourth-order valence-electron chi connectivity index (χ4n) is 1.79. The van der Waals surface area contributed by atoms with Crippen molar-refractivity contribution in [2.45, 2.75) is 39.2 Å². The van der Waals surface area contributed by atoms with Crippen molar-refractivity contribution in [1.29, 1.82) is 0 Å². The molecule has 1 aromatic heterocycles. The monoisotopic (exact) mass is 235 g/mol. The molecule has 1 aliphatic rings. The lowest BCUT2D eigenvalue weighted by molar-refractivity contribution is 0.181. The van der Waals surface area contributed by atoms with Crippen LogP contribution in [0.25, 0.3) is 0 Å². The van der Waals surface area contributed by atoms with E-state index in [-0.39, 0.29) is 0 Å². The molecule has 0 saturated heterocycles. The van der Waals surface area contributed by atoms with Gasteiger partial charge in [-0.05, 0) is 25.2 Å². The number of anilines is 1. The molecule has 4 heteroatoms. The Kier molecular flexibility index (Phi) is 4.31. The summed E-state index contributed by atoms with van der Waals surface area (Å²) in [6.07, 6.45) is 4.77. The van der Waals surface area contributed by atoms with Gasteiger partial charge in [0.05, 0.1) is 12.3 Å². The fraction of sp³-hybridized carbons (Fsp3) is 0.692. The molecule has 1 aromatic rings. The number of nitrogens with one attached hydrogen (secondary N) is 1. The summed E-state index contributed by atoms with van der Waals surface area (Å²) in [5.74, 6) is 2.71. The average Bonchev–Trinajstić information content (AvgIpc) is 3.10. The molecule has 1 heterocycles. The third kappa shape index (κ3) is 3.97. The Morgan fingerprint density at radius 3 is 2.88 bits per heavy atom. The van der Waals surface area contributed by atoms with Crippen LogP contribution >= 0.6 is 0 Å². The molecule has 1 N–H and O–H groups in total. The van der Waals surface area contributed by atoms with Gasteiger partial charge in [0.25, 0.3) is 0 Å². The Hall–Kier alpha value is -1.16. The maximum atomic E-state index is 5.14. The first-order valence-corrected chi connectivity index (χ1v) is 6.41. The number of hydrogen-bond donors (Lipinski definition) is 1. The summed E-state index contributed by atoms with van der Waals surface area (Å²) in [5, 5.41) is 3.32. The van der Waals surface area contributed by atoms with Gasteiger partial charge >= 0.3 is 0 Å². The lowest BCUT2D eigenvalue weighted by Crippen LogP contribution is -2.08. The minimum Gasteiger partial charge on any atom is -0.378 e. The second-order valence-electron chi connectivity index (χ2n) is 4.67. The van der Waals surface area contributed by atoms with Gasteiger partial charge in [0.1, 0.15) is 11.6 Å². The Bertz CT molecular complexity index is 364. The molecule has 0 spiro atoms. The highest BCUT2D eigenvalue weighted by atomic mass is 16.5. The van der Waals surface area contributed by atoms with Gasteiger partial charge in [-0.1, -0.05) is 6.92 Å². The van der Waals surface area contributed by atoms with Gasteiger partial charge in [-0.3, -0.25) is 0 Å². The molecule has 0 amide bonds. The summed E-state index contributed by atoms with van der Waals surface area (Å²) in [5.41, 5.74) is 0.969. The summed E-state index contributed by atoms with van der Waals surface area (Å²) in [6, 6.07) is 1.98. The maximum absolute atomic E-state index is 5.14. The zero-order valence-electron chi connectivity index (χ0n) is 10.7. The summed E-state index contributed by atoms with van der Waals surface area (Å²) in [7, 11) is 1.70. The molecule has 0 atom stereocenters. The van der Waals surface area contributed by atoms with Crippen LogP contribution in [0, 0.1) is 5.92 Å². The number of methoxy groups -OCH3 is 1. The molecule has 0 bridgehead atoms. The number of rotatable bonds is 7. The van der Waals surface area contributed by atoms with Gasteiger partial charge in [0, 0.05) is 26.1 Å². The van der Waals surface area contributed by atoms with Crippen molar-refractivity contribution < 1.29 is 4.74 Å². The number of nitrogens with zero attached hydrogens (tertiary/aromatic N) is 2. The predicted molar refractivity (Wildman–Crippen MR) is 68.0 cm³/mol. The van der Waals surface area contributed by atoms with Crippen molar-refractivity contribution >= 4 is 5.82 Å². The van der Waals surface area contributed by atoms with Crippen LogP contribution in [0.4, 0.5) is 5.82 Å². The first-order chi connectivity index (χ1) is 8.31. The van der Waals surface area contributed by atoms with E-state index in [0.717, 1.165) is 42.6 Å². The van der Waals surface area contributed by atoms with Gasteiger partial charge in [0.2, 0.25) is 0 Å². The Labute approximate surface area is 103 Å². The number of hydrogen-bond acceptors (Lipinski definition) is 4. The van der Waals surface area contributed by atoms with Crippen LogP contribution in [0.1, 0.15) is 37.7 Å². The topological polar surface area (TPSA) is 47.0 Å². The van der Waals surface area contributed by atoms with E-state index < -0.39 is 0 Å². The van der Waals surface area contributed by atoms with Crippen molar-refractivity contribution in [2.24, 2.45) is 5.92 Å². The molecule has 1 fully saturated rings. The molecule has 0 unspecified atom stereocenters. The highest BCUT2D eigenvalue weighted by molar-refractivity contribution is 5.36. The van der Waals surface area contributed by atoms with E-state index >= 15 is 0 Å². The summed E-state index contributed by atoms with van der Waals surface area (Å²) >= 11 is 0. The van der Waals surface area contributed by atoms with Crippen molar-refractivity contribution in [3.05, 3.63) is 17.6 Å². The lowest BCUT2D eigenvalue weighted by atomic mass is 10.2. The van der Waals surface area contributed by atoms with Gasteiger partial charge in [0.15, 0.2) is 0 Å². The molecule has 94 valence electrons. The van der Waals surface area contributed by atoms with E-state index in [1.165, 1.54) is 12.8 Å². The zero-order chi connectivity index (χ0) is 12.1. The third-order valence-electron chi connectivity index (χ3n) is 2.84. The standard InChI is InChI=1S/C13H21N3O/c1-3-6-14-12-8-11(9-17-2)15-13(16-12)7-10-4-5-10/h8,10H,3-7,9H2,1-2H3,(H,14,15,16). The van der Waals surface area contributed by atoms with Crippen LogP contribution in [0.15, 0.2) is 6.07 Å². The predicted octanol–water partition coefficient (Wildman–Crippen LogP) is 2.40. The second-order valence-corrected chi connectivity index (χ2v) is 4.67. The van der Waals surface area contributed by atoms with Crippen molar-refractivity contribution in [1.82, 2.24) is 9.97 Å². The Morgan fingerprint density at radius 2 is 2.24 bits per heavy atom. The minimum atomic E-state index is 0.557. The van der Waals surface area contributed by atoms with E-state index in [2.05, 4.69) is 22.2 Å². The van der Waals surface area contributed by atoms with Crippen molar-refractivity contribution in [3.8, 4) is 0 Å². The van der Waals surface area contributed by atoms with Crippen LogP contribution in [0.2, 0.25) is 0 Å². The van der Waals surface area contributed by atoms with Crippen LogP contribution in [0.5, 0.6) is 0 Å². The van der Waals surface area contributed by atoms with E-state index in [9.17, 15) is 0 Å². The molecular weight excluding hydrogens is 214 g/mol. The Balaban J connectivity index is 2.08. The smallest absolute Gasteiger partial charge is 0.131 e. The highest BCUT2D eigenvalue weighted by Crippen LogP contribution is 2.31. The van der Waals surface area contributed by atoms with E-state index in [4.69, 9.17) is 4.74 Å². The molecule has 1 aliphatic carbocycles. The van der Waals surface area contributed by atoms with Crippen molar-refractivity contribution in [2.75, 3.05) is 19.0 Å². The highest BCUT2D eigenvalue weighted by Gasteiger charge is 2.23. The third-order valence-corrected chi connectivity index (χ3v) is 2.84. The normalized spacial score (nSPS) is 14.9. The maximum Gasteiger partial charge on any atom is 0.131 e. The molecule has 0 aromatic carbocycles. The lowest BCUT2D eigenvalue weighted by Gasteiger charge is -2.08. The van der Waals surface area contributed by atoms with Gasteiger partial charge < -0.3 is 10.1 Å². The fourth-order valence-corrected chi connectivity index (χ4v) is 1.79. The average molecular weight is 235 g/mol. The van der Waals surface area contributed by atoms with Gasteiger partial charge in [-0.15, -0.1) is 0 Å². The molecule has 4 nitrogen and oxygen atoms in total. The summed E-state index contributed by atoms with van der Waals surface area (Å²) in [4.78, 5) is 9.09. The summed E-state index contributed by atoms with van der Waals surface area (Å²) in [6.45, 7) is 3.66. The minimum absolute atomic E-state index is 0.557. The summed E-state index contributed by atoms with van der Waals surface area (Å²) < 4.78 is 5.14. The second kappa shape index (κ2) is 5.96. The number of aromatic nitrogens is 2. The number of ether oxygens (including phenoxy) is 1. The molecule has 0 radical (unpaired) electrons. The SMILES string of the molecule is CCCNc1cc(COC)nc(CC2CC2)n1. The molecule has 2 rings (SSSR count). The van der Waals surface area contributed by atoms with E-state index in [1.807, 2.05) is 6.07 Å². The molecule has 17 heavy (non-hydrogen) atoms. The van der Waals surface area contributed by atoms with Gasteiger partial charge in [-0.25, -0.2) is 9.97 Å². The van der Waals surface area contributed by atoms with Gasteiger partial charge in [-0.2, -0.15) is 0 Å². The molecule has 0 aliphatic heterocycles. The van der Waals surface area contributed by atoms with Crippen molar-refractivity contribution in [3.63, 3.8) is 0 Å². The van der Waals surface area contributed by atoms with E-state index in [1.54, 1.807) is 7.11 Å². The zero-order valence-corrected chi connectivity index (χ0v) is 10.7. The first kappa shape index (κ1) is 12.3. The molecule has 1 saturated carbocycles. The quantitative estimate of drug-likeness (QED) is 0.788. The largest absolute Gasteiger partial charge is 0.378 e. The molecular formula is C13H21N3O. The van der Waals surface area contributed by atoms with Crippen LogP contribution in [-0.2, 0) is 17.8 Å². The first-order valence-electron chi connectivity index (χ1n) is 6.41. The van der Waals surface area contributed by atoms with Crippen LogP contribution < -0.4 is 5.32 Å². The Morgan fingerprint density at radius 1 is 1.41 bits per heavy atom. The van der Waals surface area contributed by atoms with Crippen LogP contribution in [0.3, 0.4) is 0 Å². The van der Waals surface area contributed by atoms with Crippen LogP contribution in [-0.4, -0.2) is 23.6 Å².